The molecular weight excluding hydrogens is 324 g/mol. The molecular formula is C17H22N4O2S. The van der Waals surface area contributed by atoms with Gasteiger partial charge < -0.3 is 15.2 Å². The molecule has 3 heterocycles. The number of nitrogens with one attached hydrogen (secondary N) is 2. The zero-order valence-corrected chi connectivity index (χ0v) is 14.6. The van der Waals surface area contributed by atoms with Gasteiger partial charge in [-0.1, -0.05) is 0 Å². The maximum absolute atomic E-state index is 12.8. The van der Waals surface area contributed by atoms with E-state index in [1.165, 1.54) is 11.3 Å². The van der Waals surface area contributed by atoms with E-state index in [1.807, 2.05) is 24.6 Å². The molecule has 0 spiro atoms. The molecule has 2 aromatic rings. The van der Waals surface area contributed by atoms with Crippen molar-refractivity contribution >= 4 is 17.2 Å². The van der Waals surface area contributed by atoms with E-state index >= 15 is 0 Å². The monoisotopic (exact) mass is 346 g/mol. The van der Waals surface area contributed by atoms with Gasteiger partial charge in [-0.15, -0.1) is 11.3 Å². The molecule has 1 saturated heterocycles. The Bertz CT molecular complexity index is 748. The number of carbonyl (C=O) groups excluding carboxylic acids is 1. The van der Waals surface area contributed by atoms with Gasteiger partial charge in [-0.05, 0) is 44.5 Å². The molecule has 2 N–H and O–H groups in total. The van der Waals surface area contributed by atoms with Crippen molar-refractivity contribution in [3.8, 4) is 0 Å². The Morgan fingerprint density at radius 1 is 1.46 bits per heavy atom. The lowest BCUT2D eigenvalue weighted by Crippen LogP contribution is -2.38. The van der Waals surface area contributed by atoms with Gasteiger partial charge in [0.25, 0.3) is 11.5 Å². The minimum absolute atomic E-state index is 0.168. The van der Waals surface area contributed by atoms with E-state index in [0.29, 0.717) is 13.0 Å². The van der Waals surface area contributed by atoms with Gasteiger partial charge in [-0.3, -0.25) is 9.59 Å². The normalized spacial score (nSPS) is 15.4. The molecule has 2 aromatic heterocycles. The van der Waals surface area contributed by atoms with Crippen molar-refractivity contribution in [2.45, 2.75) is 32.2 Å². The van der Waals surface area contributed by atoms with Gasteiger partial charge in [0, 0.05) is 30.6 Å². The smallest absolute Gasteiger partial charge is 0.263 e. The van der Waals surface area contributed by atoms with Crippen LogP contribution in [0.15, 0.2) is 27.9 Å². The Morgan fingerprint density at radius 2 is 2.25 bits per heavy atom. The van der Waals surface area contributed by atoms with Crippen LogP contribution in [0.5, 0.6) is 0 Å². The Labute approximate surface area is 144 Å². The molecule has 0 unspecified atom stereocenters. The Kier molecular flexibility index (Phi) is 5.42. The molecule has 0 atom stereocenters. The van der Waals surface area contributed by atoms with Crippen LogP contribution in [-0.4, -0.2) is 35.1 Å². The van der Waals surface area contributed by atoms with Gasteiger partial charge in [-0.25, -0.2) is 4.98 Å². The highest BCUT2D eigenvalue weighted by molar-refractivity contribution is 7.07. The van der Waals surface area contributed by atoms with Crippen molar-refractivity contribution in [2.75, 3.05) is 19.6 Å². The summed E-state index contributed by atoms with van der Waals surface area (Å²) in [7, 11) is 0. The number of thiazole rings is 1. The van der Waals surface area contributed by atoms with Crippen molar-refractivity contribution in [1.82, 2.24) is 20.2 Å². The number of aromatic nitrogens is 2. The number of piperidine rings is 1. The molecule has 1 amide bonds. The van der Waals surface area contributed by atoms with Crippen molar-refractivity contribution in [3.63, 3.8) is 0 Å². The van der Waals surface area contributed by atoms with Crippen LogP contribution in [0.2, 0.25) is 0 Å². The highest BCUT2D eigenvalue weighted by atomic mass is 32.1. The molecule has 0 aromatic carbocycles. The van der Waals surface area contributed by atoms with Crippen LogP contribution in [0.1, 0.15) is 40.5 Å². The maximum Gasteiger partial charge on any atom is 0.263 e. The molecule has 0 saturated carbocycles. The zero-order chi connectivity index (χ0) is 16.9. The van der Waals surface area contributed by atoms with Crippen LogP contribution in [0, 0.1) is 6.92 Å². The fourth-order valence-electron chi connectivity index (χ4n) is 3.04. The molecule has 0 aliphatic carbocycles. The first kappa shape index (κ1) is 16.9. The molecule has 6 nitrogen and oxygen atoms in total. The number of nitrogens with zero attached hydrogens (tertiary/aromatic N) is 2. The number of hydrogen-bond acceptors (Lipinski definition) is 5. The highest BCUT2D eigenvalue weighted by Crippen LogP contribution is 2.17. The van der Waals surface area contributed by atoms with Crippen molar-refractivity contribution in [2.24, 2.45) is 0 Å². The lowest BCUT2D eigenvalue weighted by molar-refractivity contribution is 0.0951. The lowest BCUT2D eigenvalue weighted by atomic mass is 10.0. The summed E-state index contributed by atoms with van der Waals surface area (Å²) in [5, 5.41) is 8.11. The minimum atomic E-state index is -0.295. The Morgan fingerprint density at radius 3 is 2.96 bits per heavy atom. The number of amides is 1. The quantitative estimate of drug-likeness (QED) is 0.860. The SMILES string of the molecule is Cc1ccn(C2CCNCC2)c(=O)c1C(=O)NCCc1cscn1. The predicted octanol–water partition coefficient (Wildman–Crippen LogP) is 1.51. The van der Waals surface area contributed by atoms with E-state index in [1.54, 1.807) is 10.1 Å². The van der Waals surface area contributed by atoms with Crippen molar-refractivity contribution < 1.29 is 4.79 Å². The minimum Gasteiger partial charge on any atom is -0.351 e. The summed E-state index contributed by atoms with van der Waals surface area (Å²) in [6, 6.07) is 2.03. The molecule has 1 fully saturated rings. The van der Waals surface area contributed by atoms with E-state index < -0.39 is 0 Å². The Hall–Kier alpha value is -1.99. The van der Waals surface area contributed by atoms with Gasteiger partial charge in [-0.2, -0.15) is 0 Å². The van der Waals surface area contributed by atoms with Gasteiger partial charge in [0.2, 0.25) is 0 Å². The molecule has 24 heavy (non-hydrogen) atoms. The van der Waals surface area contributed by atoms with Crippen molar-refractivity contribution in [1.29, 1.82) is 0 Å². The molecule has 128 valence electrons. The molecule has 3 rings (SSSR count). The standard InChI is InChI=1S/C17H22N4O2S/c1-12-5-9-21(14-3-6-18-7-4-14)17(23)15(12)16(22)19-8-2-13-10-24-11-20-13/h5,9-11,14,18H,2-4,6-8H2,1H3,(H,19,22). The summed E-state index contributed by atoms with van der Waals surface area (Å²) >= 11 is 1.54. The third kappa shape index (κ3) is 3.73. The third-order valence-electron chi connectivity index (χ3n) is 4.41. The largest absolute Gasteiger partial charge is 0.351 e. The van der Waals surface area contributed by atoms with Crippen LogP contribution in [-0.2, 0) is 6.42 Å². The van der Waals surface area contributed by atoms with Crippen LogP contribution >= 0.6 is 11.3 Å². The second kappa shape index (κ2) is 7.72. The lowest BCUT2D eigenvalue weighted by Gasteiger charge is -2.25. The van der Waals surface area contributed by atoms with Crippen LogP contribution in [0.25, 0.3) is 0 Å². The van der Waals surface area contributed by atoms with E-state index in [4.69, 9.17) is 0 Å². The fourth-order valence-corrected chi connectivity index (χ4v) is 3.64. The summed E-state index contributed by atoms with van der Waals surface area (Å²) in [6.07, 6.45) is 4.31. The molecule has 0 radical (unpaired) electrons. The van der Waals surface area contributed by atoms with E-state index in [9.17, 15) is 9.59 Å². The van der Waals surface area contributed by atoms with Crippen LogP contribution in [0.4, 0.5) is 0 Å². The van der Waals surface area contributed by atoms with Crippen LogP contribution in [0.3, 0.4) is 0 Å². The summed E-state index contributed by atoms with van der Waals surface area (Å²) in [4.78, 5) is 29.5. The first-order valence-corrected chi connectivity index (χ1v) is 9.19. The summed E-state index contributed by atoms with van der Waals surface area (Å²) < 4.78 is 1.73. The molecule has 1 aliphatic heterocycles. The average molecular weight is 346 g/mol. The second-order valence-corrected chi connectivity index (χ2v) is 6.77. The van der Waals surface area contributed by atoms with Gasteiger partial charge in [0.05, 0.1) is 11.2 Å². The van der Waals surface area contributed by atoms with E-state index in [-0.39, 0.29) is 23.1 Å². The van der Waals surface area contributed by atoms with Gasteiger partial charge in [0.15, 0.2) is 0 Å². The predicted molar refractivity (Wildman–Crippen MR) is 94.7 cm³/mol. The maximum atomic E-state index is 12.8. The number of rotatable bonds is 5. The number of aryl methyl sites for hydroxylation is 1. The van der Waals surface area contributed by atoms with Crippen molar-refractivity contribution in [3.05, 3.63) is 50.3 Å². The third-order valence-corrected chi connectivity index (χ3v) is 5.04. The summed E-state index contributed by atoms with van der Waals surface area (Å²) in [5.41, 5.74) is 3.52. The molecule has 0 bridgehead atoms. The van der Waals surface area contributed by atoms with Crippen LogP contribution < -0.4 is 16.2 Å². The molecule has 7 heteroatoms. The number of carbonyl (C=O) groups is 1. The van der Waals surface area contributed by atoms with E-state index in [2.05, 4.69) is 15.6 Å². The number of pyridine rings is 1. The Balaban J connectivity index is 1.73. The molecule has 1 aliphatic rings. The first-order chi connectivity index (χ1) is 11.7. The topological polar surface area (TPSA) is 76.0 Å². The summed E-state index contributed by atoms with van der Waals surface area (Å²) in [5.74, 6) is -0.295. The van der Waals surface area contributed by atoms with Gasteiger partial charge >= 0.3 is 0 Å². The van der Waals surface area contributed by atoms with Gasteiger partial charge in [0.1, 0.15) is 5.56 Å². The first-order valence-electron chi connectivity index (χ1n) is 8.24. The second-order valence-electron chi connectivity index (χ2n) is 6.05. The highest BCUT2D eigenvalue weighted by Gasteiger charge is 2.21. The average Bonchev–Trinajstić information content (AvgIpc) is 3.09. The van der Waals surface area contributed by atoms with E-state index in [0.717, 1.165) is 37.2 Å². The fraction of sp³-hybridized carbons (Fsp3) is 0.471. The number of hydrogen-bond donors (Lipinski definition) is 2. The summed E-state index contributed by atoms with van der Waals surface area (Å²) in [6.45, 7) is 4.09. The zero-order valence-electron chi connectivity index (χ0n) is 13.7.